The van der Waals surface area contributed by atoms with Gasteiger partial charge in [0.1, 0.15) is 5.75 Å². The van der Waals surface area contributed by atoms with Crippen molar-refractivity contribution in [3.63, 3.8) is 0 Å². The van der Waals surface area contributed by atoms with Gasteiger partial charge in [-0.1, -0.05) is 37.1 Å². The smallest absolute Gasteiger partial charge is 0.233 e. The van der Waals surface area contributed by atoms with E-state index in [0.717, 1.165) is 28.9 Å². The summed E-state index contributed by atoms with van der Waals surface area (Å²) in [5.74, 6) is -2.38. The van der Waals surface area contributed by atoms with Crippen molar-refractivity contribution in [2.75, 3.05) is 20.3 Å². The minimum absolute atomic E-state index is 0.203. The van der Waals surface area contributed by atoms with Gasteiger partial charge in [0.25, 0.3) is 0 Å². The molecule has 7 nitrogen and oxygen atoms in total. The molecule has 7 heteroatoms. The highest BCUT2D eigenvalue weighted by atomic mass is 16.3. The molecule has 32 heavy (non-hydrogen) atoms. The summed E-state index contributed by atoms with van der Waals surface area (Å²) >= 11 is 0. The molecule has 0 radical (unpaired) electrons. The number of benzene rings is 1. The molecule has 4 N–H and O–H groups in total. The van der Waals surface area contributed by atoms with Crippen LogP contribution < -0.4 is 0 Å². The van der Waals surface area contributed by atoms with E-state index >= 15 is 0 Å². The number of hydrogen-bond donors (Lipinski definition) is 4. The lowest BCUT2D eigenvalue weighted by Crippen LogP contribution is -2.39. The van der Waals surface area contributed by atoms with E-state index in [1.54, 1.807) is 12.1 Å². The molecule has 0 unspecified atom stereocenters. The molecule has 0 aromatic heterocycles. The molecule has 0 saturated carbocycles. The van der Waals surface area contributed by atoms with Crippen LogP contribution in [0.3, 0.4) is 0 Å². The summed E-state index contributed by atoms with van der Waals surface area (Å²) in [5, 5.41) is 40.6. The van der Waals surface area contributed by atoms with Crippen molar-refractivity contribution in [2.24, 2.45) is 17.8 Å². The quantitative estimate of drug-likeness (QED) is 0.343. The van der Waals surface area contributed by atoms with E-state index in [1.165, 1.54) is 7.05 Å². The van der Waals surface area contributed by atoms with Gasteiger partial charge < -0.3 is 20.4 Å². The third-order valence-corrected chi connectivity index (χ3v) is 6.72. The van der Waals surface area contributed by atoms with Crippen molar-refractivity contribution in [1.82, 2.24) is 4.90 Å². The fourth-order valence-corrected chi connectivity index (χ4v) is 5.14. The number of carbonyl (C=O) groups excluding carboxylic acids is 2. The molecular formula is C25H33NO6. The number of phenolic OH excluding ortho intramolecular Hbond substituents is 1. The first-order valence-corrected chi connectivity index (χ1v) is 11.2. The summed E-state index contributed by atoms with van der Waals surface area (Å²) in [7, 11) is 1.44. The Kier molecular flexibility index (Phi) is 7.87. The number of amides is 2. The monoisotopic (exact) mass is 443 g/mol. The Morgan fingerprint density at radius 3 is 2.44 bits per heavy atom. The number of aliphatic hydroxyl groups excluding tert-OH is 3. The number of nitrogens with zero attached hydrogens (tertiary/aromatic N) is 1. The second-order valence-corrected chi connectivity index (χ2v) is 8.78. The number of hydrogen-bond acceptors (Lipinski definition) is 6. The Hall–Kier alpha value is -2.48. The molecule has 4 atom stereocenters. The molecule has 1 heterocycles. The molecule has 2 amide bonds. The zero-order chi connectivity index (χ0) is 23.4. The van der Waals surface area contributed by atoms with Crippen molar-refractivity contribution in [2.45, 2.75) is 45.1 Å². The Morgan fingerprint density at radius 2 is 1.84 bits per heavy atom. The first-order chi connectivity index (χ1) is 15.3. The number of aliphatic hydroxyl groups is 3. The van der Waals surface area contributed by atoms with Gasteiger partial charge in [0, 0.05) is 13.0 Å². The Bertz CT molecular complexity index is 904. The SMILES string of the molecule is CCC/C(=C\c1ccc(O)cc1)CC[C@@H](O)C1=C(CO)C[C@H]2C(=O)N(C)C(=O)[C@H]2[C@H]1CO. The fraction of sp³-hybridized carbons (Fsp3) is 0.520. The van der Waals surface area contributed by atoms with Gasteiger partial charge in [0.15, 0.2) is 0 Å². The lowest BCUT2D eigenvalue weighted by atomic mass is 9.68. The van der Waals surface area contributed by atoms with Crippen LogP contribution in [0.1, 0.15) is 44.6 Å². The summed E-state index contributed by atoms with van der Waals surface area (Å²) in [4.78, 5) is 26.2. The van der Waals surface area contributed by atoms with Gasteiger partial charge in [-0.15, -0.1) is 0 Å². The van der Waals surface area contributed by atoms with Crippen molar-refractivity contribution in [1.29, 1.82) is 0 Å². The largest absolute Gasteiger partial charge is 0.508 e. The molecule has 3 rings (SSSR count). The summed E-state index contributed by atoms with van der Waals surface area (Å²) in [6, 6.07) is 6.92. The van der Waals surface area contributed by atoms with Crippen LogP contribution in [-0.2, 0) is 9.59 Å². The van der Waals surface area contributed by atoms with Gasteiger partial charge in [-0.3, -0.25) is 14.5 Å². The minimum Gasteiger partial charge on any atom is -0.508 e. The van der Waals surface area contributed by atoms with Crippen LogP contribution in [0.2, 0.25) is 0 Å². The molecule has 174 valence electrons. The van der Waals surface area contributed by atoms with Crippen LogP contribution in [0.4, 0.5) is 0 Å². The Balaban J connectivity index is 1.82. The highest BCUT2D eigenvalue weighted by Gasteiger charge is 2.53. The molecule has 0 bridgehead atoms. The lowest BCUT2D eigenvalue weighted by Gasteiger charge is -2.36. The molecule has 0 spiro atoms. The van der Waals surface area contributed by atoms with Crippen molar-refractivity contribution in [3.8, 4) is 5.75 Å². The van der Waals surface area contributed by atoms with Crippen LogP contribution in [0.15, 0.2) is 41.0 Å². The summed E-state index contributed by atoms with van der Waals surface area (Å²) in [6.45, 7) is 1.40. The number of allylic oxidation sites excluding steroid dienone is 1. The number of aromatic hydroxyl groups is 1. The standard InChI is InChI=1S/C25H33NO6/c1-3-4-15(11-16-5-8-18(29)9-6-16)7-10-21(30)22-17(13-27)12-19-23(20(22)14-28)25(32)26(2)24(19)31/h5-6,8-9,11,19-21,23,27-30H,3-4,7,10,12-14H2,1-2H3/b15-11+/t19-,20+,21-,23-/m1/s1. The molecular weight excluding hydrogens is 410 g/mol. The van der Waals surface area contributed by atoms with Crippen molar-refractivity contribution in [3.05, 3.63) is 46.5 Å². The number of imide groups is 1. The van der Waals surface area contributed by atoms with Crippen LogP contribution in [0, 0.1) is 17.8 Å². The third-order valence-electron chi connectivity index (χ3n) is 6.72. The molecule has 2 aliphatic rings. The summed E-state index contributed by atoms with van der Waals surface area (Å²) in [6.07, 6.45) is 4.13. The first-order valence-electron chi connectivity index (χ1n) is 11.2. The predicted octanol–water partition coefficient (Wildman–Crippen LogP) is 2.25. The van der Waals surface area contributed by atoms with Crippen LogP contribution in [0.5, 0.6) is 5.75 Å². The van der Waals surface area contributed by atoms with Gasteiger partial charge in [0.2, 0.25) is 11.8 Å². The first kappa shape index (κ1) is 24.2. The summed E-state index contributed by atoms with van der Waals surface area (Å²) in [5.41, 5.74) is 3.16. The van der Waals surface area contributed by atoms with E-state index in [9.17, 15) is 30.0 Å². The highest BCUT2D eigenvalue weighted by molar-refractivity contribution is 6.05. The van der Waals surface area contributed by atoms with Crippen molar-refractivity contribution >= 4 is 17.9 Å². The zero-order valence-corrected chi connectivity index (χ0v) is 18.7. The number of fused-ring (bicyclic) bond motifs is 1. The highest BCUT2D eigenvalue weighted by Crippen LogP contribution is 2.45. The second kappa shape index (κ2) is 10.4. The van der Waals surface area contributed by atoms with E-state index in [-0.39, 0.29) is 37.2 Å². The normalized spacial score (nSPS) is 24.8. The third kappa shape index (κ3) is 4.80. The number of likely N-dealkylation sites (tertiary alicyclic amines) is 1. The molecule has 1 saturated heterocycles. The van der Waals surface area contributed by atoms with E-state index in [1.807, 2.05) is 18.2 Å². The minimum atomic E-state index is -0.927. The maximum atomic E-state index is 12.7. The second-order valence-electron chi connectivity index (χ2n) is 8.78. The lowest BCUT2D eigenvalue weighted by molar-refractivity contribution is -0.138. The van der Waals surface area contributed by atoms with Gasteiger partial charge in [0.05, 0.1) is 31.2 Å². The number of rotatable bonds is 9. The van der Waals surface area contributed by atoms with E-state index in [0.29, 0.717) is 24.0 Å². The van der Waals surface area contributed by atoms with Gasteiger partial charge >= 0.3 is 0 Å². The number of phenols is 1. The predicted molar refractivity (Wildman–Crippen MR) is 120 cm³/mol. The van der Waals surface area contributed by atoms with Gasteiger partial charge in [-0.05, 0) is 54.5 Å². The molecule has 1 aliphatic carbocycles. The molecule has 1 fully saturated rings. The fourth-order valence-electron chi connectivity index (χ4n) is 5.14. The average molecular weight is 444 g/mol. The zero-order valence-electron chi connectivity index (χ0n) is 18.7. The van der Waals surface area contributed by atoms with Crippen LogP contribution in [0.25, 0.3) is 6.08 Å². The number of carbonyl (C=O) groups is 2. The van der Waals surface area contributed by atoms with Crippen molar-refractivity contribution < 1.29 is 30.0 Å². The maximum Gasteiger partial charge on any atom is 0.233 e. The van der Waals surface area contributed by atoms with E-state index in [2.05, 4.69) is 6.92 Å². The van der Waals surface area contributed by atoms with Crippen LogP contribution in [-0.4, -0.2) is 63.5 Å². The van der Waals surface area contributed by atoms with Gasteiger partial charge in [-0.2, -0.15) is 0 Å². The molecule has 1 aliphatic heterocycles. The Labute approximate surface area is 188 Å². The Morgan fingerprint density at radius 1 is 1.16 bits per heavy atom. The average Bonchev–Trinajstić information content (AvgIpc) is 3.01. The van der Waals surface area contributed by atoms with E-state index < -0.39 is 23.9 Å². The topological polar surface area (TPSA) is 118 Å². The molecule has 1 aromatic carbocycles. The van der Waals surface area contributed by atoms with Crippen LogP contribution >= 0.6 is 0 Å². The van der Waals surface area contributed by atoms with Gasteiger partial charge in [-0.25, -0.2) is 0 Å². The molecule has 1 aromatic rings. The van der Waals surface area contributed by atoms with E-state index in [4.69, 9.17) is 0 Å². The maximum absolute atomic E-state index is 12.7. The summed E-state index contributed by atoms with van der Waals surface area (Å²) < 4.78 is 0.